The maximum atomic E-state index is 12.5. The number of aromatic nitrogens is 2. The lowest BCUT2D eigenvalue weighted by molar-refractivity contribution is -0.134. The molecular weight excluding hydrogens is 344 g/mol. The third-order valence-corrected chi connectivity index (χ3v) is 5.82. The second-order valence-corrected chi connectivity index (χ2v) is 7.86. The van der Waals surface area contributed by atoms with Crippen molar-refractivity contribution < 1.29 is 14.3 Å². The van der Waals surface area contributed by atoms with Crippen LogP contribution in [-0.4, -0.2) is 63.4 Å². The van der Waals surface area contributed by atoms with Crippen LogP contribution in [0.2, 0.25) is 0 Å². The normalized spacial score (nSPS) is 19.0. The fraction of sp³-hybridized carbons (Fsp3) is 0.750. The summed E-state index contributed by atoms with van der Waals surface area (Å²) in [5.74, 6) is 0.153. The van der Waals surface area contributed by atoms with Crippen LogP contribution in [0.3, 0.4) is 0 Å². The van der Waals surface area contributed by atoms with Crippen molar-refractivity contribution in [1.29, 1.82) is 0 Å². The highest BCUT2D eigenvalue weighted by molar-refractivity contribution is 5.76. The molecule has 0 unspecified atom stereocenters. The Balaban J connectivity index is 1.43. The lowest BCUT2D eigenvalue weighted by Gasteiger charge is -2.37. The van der Waals surface area contributed by atoms with Gasteiger partial charge in [-0.05, 0) is 19.4 Å². The molecule has 150 valence electrons. The number of nitrogens with zero attached hydrogens (tertiary/aromatic N) is 4. The number of carbonyl (C=O) groups is 2. The fourth-order valence-electron chi connectivity index (χ4n) is 4.01. The van der Waals surface area contributed by atoms with Gasteiger partial charge in [-0.2, -0.15) is 5.10 Å². The summed E-state index contributed by atoms with van der Waals surface area (Å²) in [6.07, 6.45) is 8.10. The van der Waals surface area contributed by atoms with Gasteiger partial charge in [0.25, 0.3) is 0 Å². The Morgan fingerprint density at radius 2 is 2.00 bits per heavy atom. The first-order valence-corrected chi connectivity index (χ1v) is 10.3. The van der Waals surface area contributed by atoms with E-state index < -0.39 is 5.60 Å². The van der Waals surface area contributed by atoms with E-state index in [0.717, 1.165) is 37.9 Å². The first-order chi connectivity index (χ1) is 13.0. The molecule has 1 aromatic heterocycles. The van der Waals surface area contributed by atoms with Gasteiger partial charge in [0.15, 0.2) is 0 Å². The lowest BCUT2D eigenvalue weighted by atomic mass is 9.91. The third kappa shape index (κ3) is 4.82. The number of hydrogen-bond acceptors (Lipinski definition) is 4. The molecule has 2 saturated heterocycles. The lowest BCUT2D eigenvalue weighted by Crippen LogP contribution is -2.48. The molecule has 1 aromatic rings. The van der Waals surface area contributed by atoms with Gasteiger partial charge in [0, 0.05) is 57.3 Å². The van der Waals surface area contributed by atoms with Crippen molar-refractivity contribution in [2.24, 2.45) is 0 Å². The molecule has 0 N–H and O–H groups in total. The number of amides is 2. The zero-order valence-corrected chi connectivity index (χ0v) is 16.7. The molecule has 0 radical (unpaired) electrons. The van der Waals surface area contributed by atoms with E-state index in [1.165, 1.54) is 12.8 Å². The highest BCUT2D eigenvalue weighted by Gasteiger charge is 2.47. The number of aryl methyl sites for hydroxylation is 2. The largest absolute Gasteiger partial charge is 0.441 e. The Morgan fingerprint density at radius 3 is 2.67 bits per heavy atom. The molecule has 0 atom stereocenters. The first kappa shape index (κ1) is 19.7. The van der Waals surface area contributed by atoms with E-state index in [0.29, 0.717) is 32.6 Å². The van der Waals surface area contributed by atoms with Crippen molar-refractivity contribution >= 4 is 12.0 Å². The molecule has 27 heavy (non-hydrogen) atoms. The first-order valence-electron chi connectivity index (χ1n) is 10.3. The molecule has 2 amide bonds. The van der Waals surface area contributed by atoms with Gasteiger partial charge >= 0.3 is 6.09 Å². The molecule has 0 saturated carbocycles. The van der Waals surface area contributed by atoms with Crippen LogP contribution in [0.4, 0.5) is 4.79 Å². The van der Waals surface area contributed by atoms with Gasteiger partial charge in [0.2, 0.25) is 5.91 Å². The summed E-state index contributed by atoms with van der Waals surface area (Å²) >= 11 is 0. The van der Waals surface area contributed by atoms with Crippen LogP contribution in [0, 0.1) is 6.92 Å². The summed E-state index contributed by atoms with van der Waals surface area (Å²) in [6, 6.07) is 1.94. The van der Waals surface area contributed by atoms with Gasteiger partial charge < -0.3 is 14.5 Å². The van der Waals surface area contributed by atoms with E-state index in [2.05, 4.69) is 12.0 Å². The maximum Gasteiger partial charge on any atom is 0.410 e. The van der Waals surface area contributed by atoms with Crippen molar-refractivity contribution in [3.8, 4) is 0 Å². The van der Waals surface area contributed by atoms with Crippen LogP contribution in [-0.2, 0) is 16.1 Å². The van der Waals surface area contributed by atoms with Gasteiger partial charge in [-0.3, -0.25) is 9.48 Å². The minimum Gasteiger partial charge on any atom is -0.441 e. The molecule has 3 rings (SSSR count). The molecule has 7 nitrogen and oxygen atoms in total. The Labute approximate surface area is 161 Å². The van der Waals surface area contributed by atoms with E-state index >= 15 is 0 Å². The predicted molar refractivity (Wildman–Crippen MR) is 102 cm³/mol. The summed E-state index contributed by atoms with van der Waals surface area (Å²) < 4.78 is 7.62. The average molecular weight is 377 g/mol. The van der Waals surface area contributed by atoms with E-state index in [4.69, 9.17) is 4.74 Å². The Morgan fingerprint density at radius 1 is 1.22 bits per heavy atom. The van der Waals surface area contributed by atoms with Crippen molar-refractivity contribution in [3.63, 3.8) is 0 Å². The molecule has 7 heteroatoms. The van der Waals surface area contributed by atoms with Crippen molar-refractivity contribution in [2.45, 2.75) is 70.9 Å². The molecule has 0 bridgehead atoms. The quantitative estimate of drug-likeness (QED) is 0.654. The van der Waals surface area contributed by atoms with E-state index in [-0.39, 0.29) is 12.0 Å². The van der Waals surface area contributed by atoms with Gasteiger partial charge in [0.1, 0.15) is 5.60 Å². The van der Waals surface area contributed by atoms with Crippen molar-refractivity contribution in [1.82, 2.24) is 19.6 Å². The zero-order valence-electron chi connectivity index (χ0n) is 16.7. The van der Waals surface area contributed by atoms with Crippen LogP contribution < -0.4 is 0 Å². The second-order valence-electron chi connectivity index (χ2n) is 7.86. The van der Waals surface area contributed by atoms with Gasteiger partial charge in [-0.1, -0.05) is 26.2 Å². The summed E-state index contributed by atoms with van der Waals surface area (Å²) in [4.78, 5) is 28.5. The van der Waals surface area contributed by atoms with Crippen LogP contribution in [0.15, 0.2) is 12.3 Å². The summed E-state index contributed by atoms with van der Waals surface area (Å²) in [7, 11) is 0. The number of hydrogen-bond donors (Lipinski definition) is 0. The molecule has 1 spiro atoms. The summed E-state index contributed by atoms with van der Waals surface area (Å²) in [5, 5.41) is 4.23. The van der Waals surface area contributed by atoms with Crippen LogP contribution in [0.1, 0.15) is 57.6 Å². The van der Waals surface area contributed by atoms with Crippen molar-refractivity contribution in [3.05, 3.63) is 18.0 Å². The Bertz CT molecular complexity index is 649. The predicted octanol–water partition coefficient (Wildman–Crippen LogP) is 2.98. The molecular formula is C20H32N4O3. The number of likely N-dealkylation sites (tertiary alicyclic amines) is 1. The number of piperidine rings is 1. The fourth-order valence-corrected chi connectivity index (χ4v) is 4.01. The zero-order chi connectivity index (χ0) is 19.3. The average Bonchev–Trinajstić information content (AvgIpc) is 3.20. The Kier molecular flexibility index (Phi) is 6.39. The van der Waals surface area contributed by atoms with Gasteiger partial charge in [-0.15, -0.1) is 0 Å². The molecule has 2 aliphatic rings. The minimum atomic E-state index is -0.392. The summed E-state index contributed by atoms with van der Waals surface area (Å²) in [6.45, 7) is 7.56. The van der Waals surface area contributed by atoms with E-state index in [1.54, 1.807) is 6.20 Å². The molecule has 0 aliphatic carbocycles. The highest BCUT2D eigenvalue weighted by Crippen LogP contribution is 2.33. The number of unbranched alkanes of at least 4 members (excludes halogenated alkanes) is 3. The molecule has 0 aromatic carbocycles. The molecule has 2 fully saturated rings. The van der Waals surface area contributed by atoms with Gasteiger partial charge in [0.05, 0.1) is 6.54 Å². The topological polar surface area (TPSA) is 67.7 Å². The molecule has 3 heterocycles. The Hall–Kier alpha value is -2.05. The standard InChI is InChI=1S/C20H32N4O3/c1-3-4-5-6-12-23-16-20(27-19(23)26)9-14-22(15-10-20)18(25)8-13-24-17(2)7-11-21-24/h7,11H,3-6,8-10,12-16H2,1-2H3. The van der Waals surface area contributed by atoms with Crippen molar-refractivity contribution in [2.75, 3.05) is 26.2 Å². The van der Waals surface area contributed by atoms with E-state index in [9.17, 15) is 9.59 Å². The maximum absolute atomic E-state index is 12.5. The van der Waals surface area contributed by atoms with Crippen LogP contribution in [0.5, 0.6) is 0 Å². The highest BCUT2D eigenvalue weighted by atomic mass is 16.6. The summed E-state index contributed by atoms with van der Waals surface area (Å²) in [5.41, 5.74) is 0.675. The smallest absolute Gasteiger partial charge is 0.410 e. The SMILES string of the molecule is CCCCCCN1CC2(CCN(C(=O)CCn3nccc3C)CC2)OC1=O. The monoisotopic (exact) mass is 376 g/mol. The second kappa shape index (κ2) is 8.76. The number of carbonyl (C=O) groups excluding carboxylic acids is 2. The number of ether oxygens (including phenoxy) is 1. The van der Waals surface area contributed by atoms with Crippen LogP contribution >= 0.6 is 0 Å². The van der Waals surface area contributed by atoms with E-state index in [1.807, 2.05) is 27.5 Å². The minimum absolute atomic E-state index is 0.153. The van der Waals surface area contributed by atoms with Gasteiger partial charge in [-0.25, -0.2) is 4.79 Å². The molecule has 2 aliphatic heterocycles. The third-order valence-electron chi connectivity index (χ3n) is 5.82. The number of rotatable bonds is 8. The van der Waals surface area contributed by atoms with Crippen LogP contribution in [0.25, 0.3) is 0 Å².